The average Bonchev–Trinajstić information content (AvgIpc) is 3.10. The van der Waals surface area contributed by atoms with Gasteiger partial charge in [-0.1, -0.05) is 23.7 Å². The Hall–Kier alpha value is -2.63. The number of carbonyl (C=O) groups is 1. The van der Waals surface area contributed by atoms with E-state index in [1.807, 2.05) is 0 Å². The first-order valence-electron chi connectivity index (χ1n) is 9.34. The van der Waals surface area contributed by atoms with Crippen LogP contribution in [0.5, 0.6) is 0 Å². The van der Waals surface area contributed by atoms with Crippen LogP contribution >= 0.6 is 11.6 Å². The summed E-state index contributed by atoms with van der Waals surface area (Å²) in [6.07, 6.45) is -3.39. The molecule has 1 N–H and O–H groups in total. The van der Waals surface area contributed by atoms with Gasteiger partial charge in [-0.2, -0.15) is 22.6 Å². The molecule has 3 rings (SSSR count). The number of nitrogens with zero attached hydrogens (tertiary/aromatic N) is 3. The Balaban J connectivity index is 1.75. The Kier molecular flexibility index (Phi) is 6.82. The summed E-state index contributed by atoms with van der Waals surface area (Å²) in [5.74, 6) is -0.508. The number of anilines is 1. The third-order valence-electron chi connectivity index (χ3n) is 4.87. The smallest absolute Gasteiger partial charge is 0.324 e. The minimum absolute atomic E-state index is 0.127. The normalized spacial score (nSPS) is 16.9. The molecular formula is C20H20ClF3N4O3S. The van der Waals surface area contributed by atoms with Crippen molar-refractivity contribution in [3.05, 3.63) is 64.7 Å². The van der Waals surface area contributed by atoms with Gasteiger partial charge in [0, 0.05) is 17.8 Å². The molecule has 0 radical (unpaired) electrons. The summed E-state index contributed by atoms with van der Waals surface area (Å²) in [4.78, 5) is 12.4. The van der Waals surface area contributed by atoms with Gasteiger partial charge in [-0.25, -0.2) is 8.42 Å². The first kappa shape index (κ1) is 24.0. The second kappa shape index (κ2) is 9.08. The number of halogens is 4. The van der Waals surface area contributed by atoms with Crippen molar-refractivity contribution in [3.63, 3.8) is 0 Å². The molecule has 1 atom stereocenters. The van der Waals surface area contributed by atoms with Gasteiger partial charge < -0.3 is 5.32 Å². The van der Waals surface area contributed by atoms with Gasteiger partial charge in [0.2, 0.25) is 15.9 Å². The lowest BCUT2D eigenvalue weighted by atomic mass is 10.0. The van der Waals surface area contributed by atoms with Gasteiger partial charge in [-0.15, -0.1) is 0 Å². The van der Waals surface area contributed by atoms with Crippen LogP contribution in [0.3, 0.4) is 0 Å². The van der Waals surface area contributed by atoms with Gasteiger partial charge in [0.15, 0.2) is 0 Å². The van der Waals surface area contributed by atoms with Crippen molar-refractivity contribution in [1.82, 2.24) is 9.31 Å². The summed E-state index contributed by atoms with van der Waals surface area (Å²) in [7, 11) is -2.12. The van der Waals surface area contributed by atoms with Gasteiger partial charge in [0.05, 0.1) is 30.1 Å². The largest absolute Gasteiger partial charge is 0.416 e. The number of hydrogen-bond donors (Lipinski definition) is 1. The van der Waals surface area contributed by atoms with Crippen LogP contribution in [-0.4, -0.2) is 61.8 Å². The SMILES string of the molecule is CN(C1CN(CC(=O)Nc2ccc(C(F)(F)F)cc2)N=C1c1ccc(Cl)cc1)S(C)(=O)=O. The van der Waals surface area contributed by atoms with Gasteiger partial charge in [-0.05, 0) is 42.0 Å². The van der Waals surface area contributed by atoms with Gasteiger partial charge in [-0.3, -0.25) is 9.80 Å². The Labute approximate surface area is 188 Å². The zero-order valence-electron chi connectivity index (χ0n) is 17.1. The molecule has 0 saturated carbocycles. The van der Waals surface area contributed by atoms with E-state index in [1.165, 1.54) is 16.4 Å². The van der Waals surface area contributed by atoms with Gasteiger partial charge >= 0.3 is 6.18 Å². The van der Waals surface area contributed by atoms with Gasteiger partial charge in [0.1, 0.15) is 6.54 Å². The summed E-state index contributed by atoms with van der Waals surface area (Å²) < 4.78 is 63.4. The minimum atomic E-state index is -4.47. The fourth-order valence-electron chi connectivity index (χ4n) is 3.14. The van der Waals surface area contributed by atoms with Crippen LogP contribution in [0.25, 0.3) is 0 Å². The first-order valence-corrected chi connectivity index (χ1v) is 11.6. The molecule has 1 aliphatic heterocycles. The highest BCUT2D eigenvalue weighted by Gasteiger charge is 2.35. The lowest BCUT2D eigenvalue weighted by Gasteiger charge is -2.24. The number of carbonyl (C=O) groups excluding carboxylic acids is 1. The first-order chi connectivity index (χ1) is 14.8. The molecule has 0 spiro atoms. The molecule has 12 heteroatoms. The summed E-state index contributed by atoms with van der Waals surface area (Å²) in [5.41, 5.74) is 0.491. The molecule has 172 valence electrons. The number of alkyl halides is 3. The average molecular weight is 489 g/mol. The van der Waals surface area contributed by atoms with E-state index >= 15 is 0 Å². The summed E-state index contributed by atoms with van der Waals surface area (Å²) in [5, 5.41) is 8.86. The number of amides is 1. The van der Waals surface area contributed by atoms with Crippen molar-refractivity contribution < 1.29 is 26.4 Å². The van der Waals surface area contributed by atoms with E-state index in [-0.39, 0.29) is 18.8 Å². The van der Waals surface area contributed by atoms with E-state index in [0.29, 0.717) is 16.3 Å². The van der Waals surface area contributed by atoms with E-state index in [0.717, 1.165) is 30.5 Å². The monoisotopic (exact) mass is 488 g/mol. The molecule has 0 aliphatic carbocycles. The molecule has 0 fully saturated rings. The number of benzene rings is 2. The number of sulfonamides is 1. The predicted octanol–water partition coefficient (Wildman–Crippen LogP) is 3.28. The number of hydrazone groups is 1. The Morgan fingerprint density at radius 1 is 1.19 bits per heavy atom. The van der Waals surface area contributed by atoms with Crippen LogP contribution in [0.15, 0.2) is 53.6 Å². The zero-order chi connectivity index (χ0) is 23.7. The molecule has 1 unspecified atom stereocenters. The van der Waals surface area contributed by atoms with Crippen molar-refractivity contribution in [1.29, 1.82) is 0 Å². The lowest BCUT2D eigenvalue weighted by Crippen LogP contribution is -2.44. The van der Waals surface area contributed by atoms with E-state index in [4.69, 9.17) is 11.6 Å². The molecule has 7 nitrogen and oxygen atoms in total. The maximum Gasteiger partial charge on any atom is 0.416 e. The number of hydrogen-bond acceptors (Lipinski definition) is 5. The maximum absolute atomic E-state index is 12.7. The van der Waals surface area contributed by atoms with Crippen molar-refractivity contribution >= 4 is 38.9 Å². The van der Waals surface area contributed by atoms with Crippen molar-refractivity contribution in [2.24, 2.45) is 5.10 Å². The van der Waals surface area contributed by atoms with E-state index < -0.39 is 33.7 Å². The molecule has 0 bridgehead atoms. The highest BCUT2D eigenvalue weighted by atomic mass is 35.5. The van der Waals surface area contributed by atoms with E-state index in [9.17, 15) is 26.4 Å². The molecule has 2 aromatic carbocycles. The molecule has 1 aliphatic rings. The molecule has 2 aromatic rings. The van der Waals surface area contributed by atoms with Crippen molar-refractivity contribution in [2.45, 2.75) is 12.2 Å². The van der Waals surface area contributed by atoms with Crippen molar-refractivity contribution in [3.8, 4) is 0 Å². The molecule has 32 heavy (non-hydrogen) atoms. The molecule has 1 amide bonds. The second-order valence-electron chi connectivity index (χ2n) is 7.26. The zero-order valence-corrected chi connectivity index (χ0v) is 18.7. The quantitative estimate of drug-likeness (QED) is 0.676. The summed E-state index contributed by atoms with van der Waals surface area (Å²) >= 11 is 5.93. The highest BCUT2D eigenvalue weighted by Crippen LogP contribution is 2.30. The van der Waals surface area contributed by atoms with Crippen molar-refractivity contribution in [2.75, 3.05) is 31.7 Å². The van der Waals surface area contributed by atoms with Crippen LogP contribution in [0.2, 0.25) is 5.02 Å². The Morgan fingerprint density at radius 3 is 2.31 bits per heavy atom. The molecule has 0 aromatic heterocycles. The van der Waals surface area contributed by atoms with Gasteiger partial charge in [0.25, 0.3) is 0 Å². The third kappa shape index (κ3) is 5.78. The van der Waals surface area contributed by atoms with E-state index in [2.05, 4.69) is 10.4 Å². The van der Waals surface area contributed by atoms with Crippen LogP contribution in [0.1, 0.15) is 11.1 Å². The second-order valence-corrected chi connectivity index (χ2v) is 9.74. The Morgan fingerprint density at radius 2 is 1.78 bits per heavy atom. The molecule has 0 saturated heterocycles. The van der Waals surface area contributed by atoms with Crippen LogP contribution in [0.4, 0.5) is 18.9 Å². The molecular weight excluding hydrogens is 469 g/mol. The highest BCUT2D eigenvalue weighted by molar-refractivity contribution is 7.88. The predicted molar refractivity (Wildman–Crippen MR) is 116 cm³/mol. The third-order valence-corrected chi connectivity index (χ3v) is 6.43. The lowest BCUT2D eigenvalue weighted by molar-refractivity contribution is -0.137. The number of rotatable bonds is 6. The van der Waals surface area contributed by atoms with Crippen LogP contribution in [-0.2, 0) is 21.0 Å². The Bertz CT molecular complexity index is 1120. The number of likely N-dealkylation sites (N-methyl/N-ethyl adjacent to an activating group) is 1. The standard InChI is InChI=1S/C20H20ClF3N4O3S/c1-27(32(2,30)31)17-11-28(26-19(17)13-3-7-15(21)8-4-13)12-18(29)25-16-9-5-14(6-10-16)20(22,23)24/h3-10,17H,11-12H2,1-2H3,(H,25,29). The fourth-order valence-corrected chi connectivity index (χ4v) is 3.90. The van der Waals surface area contributed by atoms with Crippen LogP contribution in [0, 0.1) is 0 Å². The molecule has 1 heterocycles. The summed E-state index contributed by atoms with van der Waals surface area (Å²) in [6.45, 7) is -0.0891. The topological polar surface area (TPSA) is 82.1 Å². The van der Waals surface area contributed by atoms with E-state index in [1.54, 1.807) is 24.3 Å². The summed E-state index contributed by atoms with van der Waals surface area (Å²) in [6, 6.07) is 10.1. The maximum atomic E-state index is 12.7. The number of nitrogens with one attached hydrogen (secondary N) is 1. The fraction of sp³-hybridized carbons (Fsp3) is 0.300. The minimum Gasteiger partial charge on any atom is -0.324 e. The van der Waals surface area contributed by atoms with Crippen LogP contribution < -0.4 is 5.32 Å².